The van der Waals surface area contributed by atoms with Crippen molar-refractivity contribution in [3.05, 3.63) is 12.4 Å². The van der Waals surface area contributed by atoms with Gasteiger partial charge in [-0.2, -0.15) is 0 Å². The van der Waals surface area contributed by atoms with E-state index in [1.807, 2.05) is 6.92 Å². The maximum Gasteiger partial charge on any atom is 0.145 e. The summed E-state index contributed by atoms with van der Waals surface area (Å²) in [7, 11) is 0. The zero-order valence-electron chi connectivity index (χ0n) is 9.20. The van der Waals surface area contributed by atoms with E-state index < -0.39 is 0 Å². The highest BCUT2D eigenvalue weighted by atomic mass is 16.3. The largest absolute Gasteiger partial charge is 0.396 e. The van der Waals surface area contributed by atoms with E-state index in [1.54, 1.807) is 6.20 Å². The minimum Gasteiger partial charge on any atom is -0.396 e. The van der Waals surface area contributed by atoms with E-state index in [0.29, 0.717) is 18.1 Å². The standard InChI is InChI=1S/C10H18N4O/c1-3-10(2,4-5-15)14-9-7-12-8(11)6-13-9/h6-7,15H,3-5H2,1-2H3,(H2,11,12)(H,13,14). The van der Waals surface area contributed by atoms with Crippen LogP contribution in [0.25, 0.3) is 0 Å². The first-order chi connectivity index (χ1) is 7.09. The fraction of sp³-hybridized carbons (Fsp3) is 0.600. The van der Waals surface area contributed by atoms with E-state index >= 15 is 0 Å². The number of rotatable bonds is 5. The van der Waals surface area contributed by atoms with Crippen molar-refractivity contribution in [1.82, 2.24) is 9.97 Å². The molecule has 0 spiro atoms. The summed E-state index contributed by atoms with van der Waals surface area (Å²) in [6.07, 6.45) is 4.69. The predicted molar refractivity (Wildman–Crippen MR) is 60.5 cm³/mol. The van der Waals surface area contributed by atoms with Crippen molar-refractivity contribution in [2.45, 2.75) is 32.2 Å². The number of nitrogens with zero attached hydrogens (tertiary/aromatic N) is 2. The third-order valence-corrected chi connectivity index (χ3v) is 2.55. The summed E-state index contributed by atoms with van der Waals surface area (Å²) < 4.78 is 0. The van der Waals surface area contributed by atoms with Crippen molar-refractivity contribution in [2.75, 3.05) is 17.7 Å². The van der Waals surface area contributed by atoms with Gasteiger partial charge in [-0.05, 0) is 19.8 Å². The van der Waals surface area contributed by atoms with E-state index in [9.17, 15) is 0 Å². The molecule has 4 N–H and O–H groups in total. The van der Waals surface area contributed by atoms with Gasteiger partial charge in [-0.1, -0.05) is 6.92 Å². The van der Waals surface area contributed by atoms with E-state index in [2.05, 4.69) is 22.2 Å². The molecule has 1 rings (SSSR count). The van der Waals surface area contributed by atoms with Crippen molar-refractivity contribution in [2.24, 2.45) is 0 Å². The van der Waals surface area contributed by atoms with E-state index in [-0.39, 0.29) is 12.1 Å². The Morgan fingerprint density at radius 3 is 2.67 bits per heavy atom. The van der Waals surface area contributed by atoms with Gasteiger partial charge < -0.3 is 16.2 Å². The quantitative estimate of drug-likeness (QED) is 0.675. The Hall–Kier alpha value is -1.36. The van der Waals surface area contributed by atoms with Gasteiger partial charge in [0.2, 0.25) is 0 Å². The van der Waals surface area contributed by atoms with Crippen molar-refractivity contribution < 1.29 is 5.11 Å². The Labute approximate surface area is 89.7 Å². The molecule has 0 radical (unpaired) electrons. The minimum atomic E-state index is -0.153. The number of hydrogen-bond acceptors (Lipinski definition) is 5. The number of nitrogens with two attached hydrogens (primary N) is 1. The summed E-state index contributed by atoms with van der Waals surface area (Å²) in [5, 5.41) is 12.2. The van der Waals surface area contributed by atoms with Gasteiger partial charge in [0.05, 0.1) is 12.4 Å². The summed E-state index contributed by atoms with van der Waals surface area (Å²) in [5.74, 6) is 1.09. The van der Waals surface area contributed by atoms with Gasteiger partial charge in [-0.3, -0.25) is 0 Å². The number of nitrogen functional groups attached to an aromatic ring is 1. The Balaban J connectivity index is 2.70. The first kappa shape index (κ1) is 11.7. The molecule has 0 aliphatic carbocycles. The van der Waals surface area contributed by atoms with Gasteiger partial charge in [0, 0.05) is 12.1 Å². The number of aliphatic hydroxyl groups excluding tert-OH is 1. The van der Waals surface area contributed by atoms with Crippen LogP contribution >= 0.6 is 0 Å². The molecule has 1 unspecified atom stereocenters. The average Bonchev–Trinajstić information content (AvgIpc) is 2.22. The van der Waals surface area contributed by atoms with Gasteiger partial charge >= 0.3 is 0 Å². The Morgan fingerprint density at radius 1 is 1.47 bits per heavy atom. The molecule has 1 atom stereocenters. The highest BCUT2D eigenvalue weighted by Crippen LogP contribution is 2.19. The molecule has 15 heavy (non-hydrogen) atoms. The zero-order valence-corrected chi connectivity index (χ0v) is 9.20. The molecule has 0 fully saturated rings. The lowest BCUT2D eigenvalue weighted by molar-refractivity contribution is 0.252. The monoisotopic (exact) mass is 210 g/mol. The van der Waals surface area contributed by atoms with Crippen LogP contribution < -0.4 is 11.1 Å². The second kappa shape index (κ2) is 4.93. The molecule has 0 saturated heterocycles. The molecule has 0 amide bonds. The third-order valence-electron chi connectivity index (χ3n) is 2.55. The maximum absolute atomic E-state index is 8.96. The molecular formula is C10H18N4O. The van der Waals surface area contributed by atoms with Crippen LogP contribution in [0.2, 0.25) is 0 Å². The molecule has 5 heteroatoms. The van der Waals surface area contributed by atoms with Crippen LogP contribution in [0, 0.1) is 0 Å². The van der Waals surface area contributed by atoms with Gasteiger partial charge in [-0.15, -0.1) is 0 Å². The molecule has 84 valence electrons. The van der Waals surface area contributed by atoms with Gasteiger partial charge in [0.15, 0.2) is 0 Å². The predicted octanol–water partition coefficient (Wildman–Crippen LogP) is 1.02. The van der Waals surface area contributed by atoms with Crippen molar-refractivity contribution >= 4 is 11.6 Å². The van der Waals surface area contributed by atoms with E-state index in [4.69, 9.17) is 10.8 Å². The molecular weight excluding hydrogens is 192 g/mol. The fourth-order valence-electron chi connectivity index (χ4n) is 1.29. The summed E-state index contributed by atoms with van der Waals surface area (Å²) in [5.41, 5.74) is 5.29. The number of aliphatic hydroxyl groups is 1. The summed E-state index contributed by atoms with van der Waals surface area (Å²) in [6.45, 7) is 4.26. The molecule has 1 heterocycles. The van der Waals surface area contributed by atoms with Crippen molar-refractivity contribution in [1.29, 1.82) is 0 Å². The van der Waals surface area contributed by atoms with Gasteiger partial charge in [0.1, 0.15) is 11.6 Å². The molecule has 1 aromatic heterocycles. The number of hydrogen-bond donors (Lipinski definition) is 3. The molecule has 0 saturated carbocycles. The number of nitrogens with one attached hydrogen (secondary N) is 1. The lowest BCUT2D eigenvalue weighted by atomic mass is 9.95. The summed E-state index contributed by atoms with van der Waals surface area (Å²) >= 11 is 0. The highest BCUT2D eigenvalue weighted by Gasteiger charge is 2.21. The first-order valence-corrected chi connectivity index (χ1v) is 5.06. The van der Waals surface area contributed by atoms with E-state index in [1.165, 1.54) is 6.20 Å². The summed E-state index contributed by atoms with van der Waals surface area (Å²) in [4.78, 5) is 8.06. The van der Waals surface area contributed by atoms with Gasteiger partial charge in [-0.25, -0.2) is 9.97 Å². The van der Waals surface area contributed by atoms with Crippen molar-refractivity contribution in [3.8, 4) is 0 Å². The maximum atomic E-state index is 8.96. The third kappa shape index (κ3) is 3.36. The molecule has 0 aromatic carbocycles. The van der Waals surface area contributed by atoms with Crippen LogP contribution in [0.3, 0.4) is 0 Å². The lowest BCUT2D eigenvalue weighted by Crippen LogP contribution is -2.35. The summed E-state index contributed by atoms with van der Waals surface area (Å²) in [6, 6.07) is 0. The fourth-order valence-corrected chi connectivity index (χ4v) is 1.29. The average molecular weight is 210 g/mol. The van der Waals surface area contributed by atoms with Crippen LogP contribution in [0.1, 0.15) is 26.7 Å². The Morgan fingerprint density at radius 2 is 2.20 bits per heavy atom. The second-order valence-electron chi connectivity index (χ2n) is 3.84. The van der Waals surface area contributed by atoms with Crippen molar-refractivity contribution in [3.63, 3.8) is 0 Å². The Kier molecular flexibility index (Phi) is 3.85. The van der Waals surface area contributed by atoms with Crippen LogP contribution in [0.4, 0.5) is 11.6 Å². The molecule has 1 aromatic rings. The second-order valence-corrected chi connectivity index (χ2v) is 3.84. The normalized spacial score (nSPS) is 14.6. The van der Waals surface area contributed by atoms with Crippen LogP contribution in [-0.2, 0) is 0 Å². The van der Waals surface area contributed by atoms with Crippen LogP contribution in [0.5, 0.6) is 0 Å². The van der Waals surface area contributed by atoms with Crippen LogP contribution in [0.15, 0.2) is 12.4 Å². The topological polar surface area (TPSA) is 84.1 Å². The SMILES string of the molecule is CCC(C)(CCO)Nc1cnc(N)cn1. The molecule has 5 nitrogen and oxygen atoms in total. The smallest absolute Gasteiger partial charge is 0.145 e. The minimum absolute atomic E-state index is 0.153. The highest BCUT2D eigenvalue weighted by molar-refractivity contribution is 5.38. The lowest BCUT2D eigenvalue weighted by Gasteiger charge is -2.29. The zero-order chi connectivity index (χ0) is 11.3. The molecule has 0 aliphatic heterocycles. The van der Waals surface area contributed by atoms with E-state index in [0.717, 1.165) is 6.42 Å². The number of anilines is 2. The molecule has 0 bridgehead atoms. The Bertz CT molecular complexity index is 301. The van der Waals surface area contributed by atoms with Crippen LogP contribution in [-0.4, -0.2) is 27.2 Å². The molecule has 0 aliphatic rings. The number of aromatic nitrogens is 2. The van der Waals surface area contributed by atoms with Gasteiger partial charge in [0.25, 0.3) is 0 Å². The first-order valence-electron chi connectivity index (χ1n) is 5.06.